The van der Waals surface area contributed by atoms with E-state index < -0.39 is 0 Å². The molecule has 1 rings (SSSR count). The Morgan fingerprint density at radius 3 is 2.50 bits per heavy atom. The van der Waals surface area contributed by atoms with Crippen molar-refractivity contribution in [1.29, 1.82) is 0 Å². The van der Waals surface area contributed by atoms with Gasteiger partial charge in [0.25, 0.3) is 0 Å². The number of hydrogen-bond acceptors (Lipinski definition) is 4. The molecule has 18 heavy (non-hydrogen) atoms. The monoisotopic (exact) mass is 269 g/mol. The van der Waals surface area contributed by atoms with Crippen LogP contribution in [0.2, 0.25) is 0 Å². The van der Waals surface area contributed by atoms with Gasteiger partial charge in [-0.05, 0) is 26.2 Å². The molecule has 1 aromatic rings. The maximum absolute atomic E-state index is 5.41. The van der Waals surface area contributed by atoms with Crippen LogP contribution in [0.1, 0.15) is 19.4 Å². The Bertz CT molecular complexity index is 380. The quantitative estimate of drug-likeness (QED) is 0.824. The minimum Gasteiger partial charge on any atom is -0.493 e. The molecule has 0 atom stereocenters. The molecule has 1 aromatic carbocycles. The van der Waals surface area contributed by atoms with Crippen molar-refractivity contribution in [1.82, 2.24) is 5.32 Å². The molecule has 1 N–H and O–H groups in total. The van der Waals surface area contributed by atoms with Crippen molar-refractivity contribution in [2.75, 3.05) is 27.0 Å². The first kappa shape index (κ1) is 15.2. The number of thioether (sulfide) groups is 1. The molecule has 0 aliphatic heterocycles. The zero-order valence-electron chi connectivity index (χ0n) is 11.9. The van der Waals surface area contributed by atoms with E-state index in [1.54, 1.807) is 14.2 Å². The summed E-state index contributed by atoms with van der Waals surface area (Å²) in [5.41, 5.74) is 1.12. The Labute approximate surface area is 114 Å². The third kappa shape index (κ3) is 4.10. The number of para-hydroxylation sites is 1. The lowest BCUT2D eigenvalue weighted by Gasteiger charge is -2.22. The van der Waals surface area contributed by atoms with Crippen molar-refractivity contribution >= 4 is 11.8 Å². The number of nitrogens with one attached hydrogen (secondary N) is 1. The Kier molecular flexibility index (Phi) is 5.82. The number of ether oxygens (including phenoxy) is 2. The second-order valence-electron chi connectivity index (χ2n) is 4.72. The lowest BCUT2D eigenvalue weighted by molar-refractivity contribution is 0.350. The van der Waals surface area contributed by atoms with Crippen LogP contribution in [0.4, 0.5) is 0 Å². The first-order valence-electron chi connectivity index (χ1n) is 6.00. The van der Waals surface area contributed by atoms with Crippen molar-refractivity contribution in [3.8, 4) is 11.5 Å². The number of methoxy groups -OCH3 is 2. The first-order chi connectivity index (χ1) is 8.54. The fraction of sp³-hybridized carbons (Fsp3) is 0.571. The van der Waals surface area contributed by atoms with Crippen LogP contribution in [-0.2, 0) is 6.54 Å². The fourth-order valence-corrected chi connectivity index (χ4v) is 1.91. The highest BCUT2D eigenvalue weighted by molar-refractivity contribution is 7.99. The average Bonchev–Trinajstić information content (AvgIpc) is 2.38. The molecule has 0 aliphatic rings. The van der Waals surface area contributed by atoms with E-state index in [0.717, 1.165) is 30.2 Å². The summed E-state index contributed by atoms with van der Waals surface area (Å²) in [6.45, 7) is 6.19. The minimum absolute atomic E-state index is 0.242. The van der Waals surface area contributed by atoms with Gasteiger partial charge in [0, 0.05) is 23.4 Å². The van der Waals surface area contributed by atoms with Gasteiger partial charge in [-0.1, -0.05) is 12.1 Å². The summed E-state index contributed by atoms with van der Waals surface area (Å²) >= 11 is 1.86. The molecule has 0 unspecified atom stereocenters. The summed E-state index contributed by atoms with van der Waals surface area (Å²) in [6, 6.07) is 5.95. The van der Waals surface area contributed by atoms with Gasteiger partial charge < -0.3 is 14.8 Å². The van der Waals surface area contributed by atoms with Crippen LogP contribution in [0.3, 0.4) is 0 Å². The highest BCUT2D eigenvalue weighted by Crippen LogP contribution is 2.30. The Morgan fingerprint density at radius 2 is 1.94 bits per heavy atom. The van der Waals surface area contributed by atoms with Crippen LogP contribution in [0.25, 0.3) is 0 Å². The average molecular weight is 269 g/mol. The van der Waals surface area contributed by atoms with E-state index >= 15 is 0 Å². The van der Waals surface area contributed by atoms with E-state index in [1.807, 2.05) is 23.9 Å². The van der Waals surface area contributed by atoms with Crippen molar-refractivity contribution in [2.24, 2.45) is 0 Å². The van der Waals surface area contributed by atoms with Gasteiger partial charge in [0.1, 0.15) is 0 Å². The van der Waals surface area contributed by atoms with Crippen LogP contribution in [-0.4, -0.2) is 31.8 Å². The van der Waals surface area contributed by atoms with Crippen molar-refractivity contribution in [3.63, 3.8) is 0 Å². The highest BCUT2D eigenvalue weighted by atomic mass is 32.2. The largest absolute Gasteiger partial charge is 0.493 e. The number of rotatable bonds is 7. The predicted octanol–water partition coefficient (Wildman–Crippen LogP) is 2.94. The molecular weight excluding hydrogens is 246 g/mol. The van der Waals surface area contributed by atoms with Gasteiger partial charge in [0.2, 0.25) is 0 Å². The third-order valence-electron chi connectivity index (χ3n) is 2.90. The number of benzene rings is 1. The van der Waals surface area contributed by atoms with Crippen molar-refractivity contribution in [2.45, 2.75) is 25.1 Å². The van der Waals surface area contributed by atoms with Crippen LogP contribution in [0.15, 0.2) is 18.2 Å². The molecule has 0 radical (unpaired) electrons. The normalized spacial score (nSPS) is 11.4. The molecule has 0 bridgehead atoms. The van der Waals surface area contributed by atoms with Gasteiger partial charge in [0.15, 0.2) is 11.5 Å². The van der Waals surface area contributed by atoms with E-state index in [0.29, 0.717) is 0 Å². The molecule has 0 fully saturated rings. The standard InChI is InChI=1S/C14H23NO2S/c1-14(2,18-5)10-15-9-11-7-6-8-12(16-3)13(11)17-4/h6-8,15H,9-10H2,1-5H3. The summed E-state index contributed by atoms with van der Waals surface area (Å²) in [5, 5.41) is 3.46. The molecule has 0 aromatic heterocycles. The molecule has 0 amide bonds. The Balaban J connectivity index is 2.67. The molecule has 0 saturated heterocycles. The molecule has 0 aliphatic carbocycles. The highest BCUT2D eigenvalue weighted by Gasteiger charge is 2.16. The zero-order valence-corrected chi connectivity index (χ0v) is 12.7. The molecule has 0 spiro atoms. The Morgan fingerprint density at radius 1 is 1.22 bits per heavy atom. The molecule has 3 nitrogen and oxygen atoms in total. The predicted molar refractivity (Wildman–Crippen MR) is 78.8 cm³/mol. The molecule has 102 valence electrons. The fourth-order valence-electron chi connectivity index (χ4n) is 1.66. The van der Waals surface area contributed by atoms with E-state index in [-0.39, 0.29) is 4.75 Å². The van der Waals surface area contributed by atoms with Gasteiger partial charge in [-0.3, -0.25) is 0 Å². The van der Waals surface area contributed by atoms with E-state index in [4.69, 9.17) is 9.47 Å². The summed E-state index contributed by atoms with van der Waals surface area (Å²) in [6.07, 6.45) is 2.13. The van der Waals surface area contributed by atoms with Crippen molar-refractivity contribution < 1.29 is 9.47 Å². The summed E-state index contributed by atoms with van der Waals surface area (Å²) in [7, 11) is 3.33. The first-order valence-corrected chi connectivity index (χ1v) is 7.22. The second kappa shape index (κ2) is 6.90. The van der Waals surface area contributed by atoms with Crippen LogP contribution in [0.5, 0.6) is 11.5 Å². The zero-order chi connectivity index (χ0) is 13.6. The third-order valence-corrected chi connectivity index (χ3v) is 4.15. The number of hydrogen-bond donors (Lipinski definition) is 1. The lowest BCUT2D eigenvalue weighted by atomic mass is 10.1. The van der Waals surface area contributed by atoms with Crippen LogP contribution in [0, 0.1) is 0 Å². The van der Waals surface area contributed by atoms with Gasteiger partial charge in [-0.25, -0.2) is 0 Å². The van der Waals surface area contributed by atoms with E-state index in [9.17, 15) is 0 Å². The topological polar surface area (TPSA) is 30.5 Å². The molecule has 0 saturated carbocycles. The van der Waals surface area contributed by atoms with Crippen LogP contribution >= 0.6 is 11.8 Å². The van der Waals surface area contributed by atoms with Gasteiger partial charge in [-0.15, -0.1) is 0 Å². The maximum Gasteiger partial charge on any atom is 0.165 e. The smallest absolute Gasteiger partial charge is 0.165 e. The van der Waals surface area contributed by atoms with E-state index in [2.05, 4.69) is 31.5 Å². The van der Waals surface area contributed by atoms with Gasteiger partial charge in [-0.2, -0.15) is 11.8 Å². The van der Waals surface area contributed by atoms with E-state index in [1.165, 1.54) is 0 Å². The lowest BCUT2D eigenvalue weighted by Crippen LogP contribution is -2.31. The summed E-state index contributed by atoms with van der Waals surface area (Å²) < 4.78 is 10.9. The Hall–Kier alpha value is -0.870. The molecule has 0 heterocycles. The summed E-state index contributed by atoms with van der Waals surface area (Å²) in [5.74, 6) is 1.59. The summed E-state index contributed by atoms with van der Waals surface area (Å²) in [4.78, 5) is 0. The van der Waals surface area contributed by atoms with Gasteiger partial charge in [0.05, 0.1) is 14.2 Å². The molecular formula is C14H23NO2S. The maximum atomic E-state index is 5.41. The SMILES string of the molecule is COc1cccc(CNCC(C)(C)SC)c1OC. The minimum atomic E-state index is 0.242. The second-order valence-corrected chi connectivity index (χ2v) is 6.23. The molecule has 4 heteroatoms. The van der Waals surface area contributed by atoms with Gasteiger partial charge >= 0.3 is 0 Å². The van der Waals surface area contributed by atoms with Crippen LogP contribution < -0.4 is 14.8 Å². The van der Waals surface area contributed by atoms with Crippen molar-refractivity contribution in [3.05, 3.63) is 23.8 Å².